The molecule has 0 radical (unpaired) electrons. The molecular weight excluding hydrogens is 212 g/mol. The fourth-order valence-corrected chi connectivity index (χ4v) is 3.37. The van der Waals surface area contributed by atoms with Crippen LogP contribution >= 0.6 is 0 Å². The van der Waals surface area contributed by atoms with E-state index < -0.39 is 9.84 Å². The molecule has 0 aromatic rings. The topological polar surface area (TPSA) is 49.4 Å². The third-order valence-electron chi connectivity index (χ3n) is 2.97. The van der Waals surface area contributed by atoms with Crippen LogP contribution in [0, 0.1) is 5.92 Å². The highest BCUT2D eigenvalue weighted by Gasteiger charge is 2.24. The molecule has 4 nitrogen and oxygen atoms in total. The second kappa shape index (κ2) is 5.82. The molecule has 0 bridgehead atoms. The minimum absolute atomic E-state index is 0.311. The standard InChI is InChI=1S/C10H22N2O2S/c1-3-12(4-2)5-6-15(13,14)9-10-7-11-8-10/h10-11H,3-9H2,1-2H3. The molecule has 0 aromatic carbocycles. The van der Waals surface area contributed by atoms with Crippen LogP contribution in [0.4, 0.5) is 0 Å². The molecule has 0 aliphatic carbocycles. The summed E-state index contributed by atoms with van der Waals surface area (Å²) in [4.78, 5) is 2.15. The Bertz CT molecular complexity index is 269. The van der Waals surface area contributed by atoms with Crippen molar-refractivity contribution in [1.82, 2.24) is 10.2 Å². The van der Waals surface area contributed by atoms with Crippen molar-refractivity contribution in [1.29, 1.82) is 0 Å². The van der Waals surface area contributed by atoms with Gasteiger partial charge in [0.1, 0.15) is 0 Å². The molecule has 1 heterocycles. The molecule has 1 aliphatic heterocycles. The fraction of sp³-hybridized carbons (Fsp3) is 1.00. The van der Waals surface area contributed by atoms with Gasteiger partial charge in [-0.1, -0.05) is 13.8 Å². The number of sulfone groups is 1. The van der Waals surface area contributed by atoms with Crippen molar-refractivity contribution in [3.8, 4) is 0 Å². The first kappa shape index (κ1) is 12.9. The van der Waals surface area contributed by atoms with Crippen LogP contribution < -0.4 is 5.32 Å². The summed E-state index contributed by atoms with van der Waals surface area (Å²) in [6.45, 7) is 8.39. The summed E-state index contributed by atoms with van der Waals surface area (Å²) in [6.07, 6.45) is 0. The normalized spacial score (nSPS) is 18.1. The van der Waals surface area contributed by atoms with Crippen molar-refractivity contribution in [3.05, 3.63) is 0 Å². The Morgan fingerprint density at radius 1 is 1.27 bits per heavy atom. The SMILES string of the molecule is CCN(CC)CCS(=O)(=O)CC1CNC1. The first-order chi connectivity index (χ1) is 7.07. The third kappa shape index (κ3) is 4.49. The van der Waals surface area contributed by atoms with E-state index in [-0.39, 0.29) is 0 Å². The summed E-state index contributed by atoms with van der Waals surface area (Å²) in [6, 6.07) is 0. The lowest BCUT2D eigenvalue weighted by Crippen LogP contribution is -2.46. The van der Waals surface area contributed by atoms with E-state index in [9.17, 15) is 8.42 Å². The third-order valence-corrected chi connectivity index (χ3v) is 4.75. The number of rotatable bonds is 7. The molecule has 0 aromatic heterocycles. The maximum Gasteiger partial charge on any atom is 0.151 e. The monoisotopic (exact) mass is 234 g/mol. The van der Waals surface area contributed by atoms with Gasteiger partial charge >= 0.3 is 0 Å². The number of nitrogens with one attached hydrogen (secondary N) is 1. The molecule has 0 amide bonds. The van der Waals surface area contributed by atoms with Gasteiger partial charge in [-0.2, -0.15) is 0 Å². The van der Waals surface area contributed by atoms with Crippen LogP contribution in [0.2, 0.25) is 0 Å². The number of hydrogen-bond donors (Lipinski definition) is 1. The molecule has 0 spiro atoms. The van der Waals surface area contributed by atoms with E-state index in [1.54, 1.807) is 0 Å². The lowest BCUT2D eigenvalue weighted by molar-refractivity contribution is 0.320. The van der Waals surface area contributed by atoms with Crippen LogP contribution in [0.3, 0.4) is 0 Å². The van der Waals surface area contributed by atoms with E-state index >= 15 is 0 Å². The number of nitrogens with zero attached hydrogens (tertiary/aromatic N) is 1. The maximum absolute atomic E-state index is 11.7. The van der Waals surface area contributed by atoms with Crippen LogP contribution in [0.1, 0.15) is 13.8 Å². The van der Waals surface area contributed by atoms with E-state index in [0.717, 1.165) is 26.2 Å². The van der Waals surface area contributed by atoms with Gasteiger partial charge in [0.05, 0.1) is 11.5 Å². The van der Waals surface area contributed by atoms with Crippen LogP contribution in [-0.4, -0.2) is 57.5 Å². The molecule has 1 saturated heterocycles. The van der Waals surface area contributed by atoms with Crippen molar-refractivity contribution >= 4 is 9.84 Å². The van der Waals surface area contributed by atoms with Gasteiger partial charge < -0.3 is 10.2 Å². The smallest absolute Gasteiger partial charge is 0.151 e. The molecule has 15 heavy (non-hydrogen) atoms. The second-order valence-corrected chi connectivity index (χ2v) is 6.39. The van der Waals surface area contributed by atoms with Crippen LogP contribution in [0.15, 0.2) is 0 Å². The maximum atomic E-state index is 11.7. The Balaban J connectivity index is 2.28. The molecule has 0 unspecified atom stereocenters. The van der Waals surface area contributed by atoms with Crippen LogP contribution in [0.5, 0.6) is 0 Å². The quantitative estimate of drug-likeness (QED) is 0.672. The van der Waals surface area contributed by atoms with Gasteiger partial charge in [0.2, 0.25) is 0 Å². The largest absolute Gasteiger partial charge is 0.316 e. The summed E-state index contributed by atoms with van der Waals surface area (Å²) in [5, 5.41) is 3.10. The van der Waals surface area contributed by atoms with Crippen molar-refractivity contribution in [2.45, 2.75) is 13.8 Å². The highest BCUT2D eigenvalue weighted by Crippen LogP contribution is 2.07. The van der Waals surface area contributed by atoms with Crippen molar-refractivity contribution in [2.24, 2.45) is 5.92 Å². The van der Waals surface area contributed by atoms with E-state index in [1.165, 1.54) is 0 Å². The highest BCUT2D eigenvalue weighted by molar-refractivity contribution is 7.91. The molecule has 90 valence electrons. The van der Waals surface area contributed by atoms with Crippen molar-refractivity contribution in [2.75, 3.05) is 44.2 Å². The second-order valence-electron chi connectivity index (χ2n) is 4.17. The van der Waals surface area contributed by atoms with Gasteiger partial charge in [-0.05, 0) is 19.0 Å². The Labute approximate surface area is 93.0 Å². The zero-order valence-electron chi connectivity index (χ0n) is 9.70. The number of hydrogen-bond acceptors (Lipinski definition) is 4. The van der Waals surface area contributed by atoms with Crippen molar-refractivity contribution < 1.29 is 8.42 Å². The average molecular weight is 234 g/mol. The fourth-order valence-electron chi connectivity index (χ4n) is 1.72. The first-order valence-electron chi connectivity index (χ1n) is 5.71. The predicted octanol–water partition coefficient (Wildman–Crippen LogP) is -0.0376. The molecule has 5 heteroatoms. The minimum atomic E-state index is -2.84. The van der Waals surface area contributed by atoms with E-state index in [2.05, 4.69) is 24.1 Å². The van der Waals surface area contributed by atoms with Gasteiger partial charge in [-0.3, -0.25) is 0 Å². The van der Waals surface area contributed by atoms with Gasteiger partial charge in [-0.15, -0.1) is 0 Å². The van der Waals surface area contributed by atoms with Gasteiger partial charge in [0.25, 0.3) is 0 Å². The molecule has 0 saturated carbocycles. The van der Waals surface area contributed by atoms with Crippen molar-refractivity contribution in [3.63, 3.8) is 0 Å². The Morgan fingerprint density at radius 2 is 1.87 bits per heavy atom. The van der Waals surface area contributed by atoms with E-state index in [1.807, 2.05) is 0 Å². The molecule has 1 fully saturated rings. The lowest BCUT2D eigenvalue weighted by Gasteiger charge is -2.27. The minimum Gasteiger partial charge on any atom is -0.316 e. The summed E-state index contributed by atoms with van der Waals surface area (Å²) < 4.78 is 23.4. The lowest BCUT2D eigenvalue weighted by atomic mass is 10.1. The summed E-state index contributed by atoms with van der Waals surface area (Å²) in [5.74, 6) is 1.03. The Kier molecular flexibility index (Phi) is 5.02. The summed E-state index contributed by atoms with van der Waals surface area (Å²) in [5.41, 5.74) is 0. The first-order valence-corrected chi connectivity index (χ1v) is 7.53. The van der Waals surface area contributed by atoms with E-state index in [4.69, 9.17) is 0 Å². The van der Waals surface area contributed by atoms with Crippen LogP contribution in [-0.2, 0) is 9.84 Å². The van der Waals surface area contributed by atoms with E-state index in [0.29, 0.717) is 24.0 Å². The summed E-state index contributed by atoms with van der Waals surface area (Å²) >= 11 is 0. The summed E-state index contributed by atoms with van der Waals surface area (Å²) in [7, 11) is -2.84. The molecule has 1 N–H and O–H groups in total. The van der Waals surface area contributed by atoms with Crippen LogP contribution in [0.25, 0.3) is 0 Å². The molecule has 0 atom stereocenters. The predicted molar refractivity (Wildman–Crippen MR) is 62.8 cm³/mol. The Hall–Kier alpha value is -0.130. The van der Waals surface area contributed by atoms with Gasteiger partial charge in [0, 0.05) is 19.6 Å². The van der Waals surface area contributed by atoms with Gasteiger partial charge in [-0.25, -0.2) is 8.42 Å². The zero-order chi connectivity index (χ0) is 11.3. The molecular formula is C10H22N2O2S. The Morgan fingerprint density at radius 3 is 2.27 bits per heavy atom. The zero-order valence-corrected chi connectivity index (χ0v) is 10.5. The van der Waals surface area contributed by atoms with Gasteiger partial charge in [0.15, 0.2) is 9.84 Å². The average Bonchev–Trinajstić information content (AvgIpc) is 2.13. The molecule has 1 aliphatic rings. The molecule has 1 rings (SSSR count). The highest BCUT2D eigenvalue weighted by atomic mass is 32.2.